The lowest BCUT2D eigenvalue weighted by Gasteiger charge is -2.15. The first-order valence-corrected chi connectivity index (χ1v) is 10.7. The molecule has 0 radical (unpaired) electrons. The summed E-state index contributed by atoms with van der Waals surface area (Å²) in [6.07, 6.45) is 0. The van der Waals surface area contributed by atoms with E-state index in [1.54, 1.807) is 0 Å². The summed E-state index contributed by atoms with van der Waals surface area (Å²) in [5.74, 6) is 0. The van der Waals surface area contributed by atoms with Gasteiger partial charge in [0.15, 0.2) is 0 Å². The molecule has 2 N–H and O–H groups in total. The molecule has 32 heavy (non-hydrogen) atoms. The first-order valence-electron chi connectivity index (χ1n) is 10.7. The van der Waals surface area contributed by atoms with Crippen LogP contribution in [0, 0.1) is 13.8 Å². The number of aromatic nitrogens is 4. The lowest BCUT2D eigenvalue weighted by molar-refractivity contribution is 0.987. The normalized spacial score (nSPS) is 11.1. The van der Waals surface area contributed by atoms with Crippen LogP contribution in [-0.4, -0.2) is 19.9 Å². The predicted molar refractivity (Wildman–Crippen MR) is 130 cm³/mol. The molecular weight excluding hydrogens is 396 g/mol. The lowest BCUT2D eigenvalue weighted by atomic mass is 10.2. The standard InChI is InChI=1S/C26H24N6/c1-17-25(31-23-13-7-5-11-21(23)29-17)15-27-19-9-3-4-10-20(19)28-16-26-18(2)30-22-12-6-8-14-24(22)32-26/h3-14,27-28H,15-16H2,1-2H3. The molecule has 2 heterocycles. The van der Waals surface area contributed by atoms with Crippen LogP contribution in [0.2, 0.25) is 0 Å². The number of anilines is 2. The summed E-state index contributed by atoms with van der Waals surface area (Å²) in [4.78, 5) is 19.0. The van der Waals surface area contributed by atoms with Crippen molar-refractivity contribution in [1.29, 1.82) is 0 Å². The highest BCUT2D eigenvalue weighted by Gasteiger charge is 2.09. The van der Waals surface area contributed by atoms with Crippen molar-refractivity contribution in [2.24, 2.45) is 0 Å². The van der Waals surface area contributed by atoms with Crippen LogP contribution in [0.15, 0.2) is 72.8 Å². The van der Waals surface area contributed by atoms with E-state index in [2.05, 4.69) is 32.7 Å². The molecule has 0 aliphatic carbocycles. The number of hydrogen-bond donors (Lipinski definition) is 2. The highest BCUT2D eigenvalue weighted by Crippen LogP contribution is 2.23. The zero-order valence-electron chi connectivity index (χ0n) is 18.1. The van der Waals surface area contributed by atoms with E-state index < -0.39 is 0 Å². The Morgan fingerprint density at radius 3 is 1.25 bits per heavy atom. The van der Waals surface area contributed by atoms with E-state index in [1.807, 2.05) is 74.5 Å². The topological polar surface area (TPSA) is 75.6 Å². The second kappa shape index (κ2) is 8.59. The molecule has 0 saturated carbocycles. The smallest absolute Gasteiger partial charge is 0.0891 e. The van der Waals surface area contributed by atoms with Crippen molar-refractivity contribution < 1.29 is 0 Å². The SMILES string of the molecule is Cc1nc2ccccc2nc1CNc1ccccc1NCc1nc2ccccc2nc1C. The molecule has 158 valence electrons. The highest BCUT2D eigenvalue weighted by atomic mass is 15.0. The number of nitrogens with zero attached hydrogens (tertiary/aromatic N) is 4. The van der Waals surface area contributed by atoms with Crippen molar-refractivity contribution in [2.45, 2.75) is 26.9 Å². The van der Waals surface area contributed by atoms with Gasteiger partial charge in [-0.05, 0) is 50.2 Å². The zero-order valence-corrected chi connectivity index (χ0v) is 18.1. The summed E-state index contributed by atoms with van der Waals surface area (Å²) in [5.41, 5.74) is 9.42. The maximum absolute atomic E-state index is 4.79. The third-order valence-corrected chi connectivity index (χ3v) is 5.51. The Kier molecular flexibility index (Phi) is 5.34. The number of para-hydroxylation sites is 6. The Bertz CT molecular complexity index is 1300. The molecule has 0 spiro atoms. The van der Waals surface area contributed by atoms with Crippen molar-refractivity contribution >= 4 is 33.4 Å². The molecule has 0 fully saturated rings. The largest absolute Gasteiger partial charge is 0.378 e. The predicted octanol–water partition coefficient (Wildman–Crippen LogP) is 5.41. The molecule has 5 rings (SSSR count). The van der Waals surface area contributed by atoms with Crippen molar-refractivity contribution in [3.8, 4) is 0 Å². The second-order valence-electron chi connectivity index (χ2n) is 7.74. The zero-order chi connectivity index (χ0) is 21.9. The van der Waals surface area contributed by atoms with Crippen molar-refractivity contribution in [3.63, 3.8) is 0 Å². The van der Waals surface area contributed by atoms with E-state index in [1.165, 1.54) is 0 Å². The Hall–Kier alpha value is -4.06. The van der Waals surface area contributed by atoms with Gasteiger partial charge >= 0.3 is 0 Å². The summed E-state index contributed by atoms with van der Waals surface area (Å²) < 4.78 is 0. The second-order valence-corrected chi connectivity index (χ2v) is 7.74. The van der Waals surface area contributed by atoms with Crippen LogP contribution in [-0.2, 0) is 13.1 Å². The third-order valence-electron chi connectivity index (χ3n) is 5.51. The Morgan fingerprint density at radius 2 is 0.844 bits per heavy atom. The lowest BCUT2D eigenvalue weighted by Crippen LogP contribution is -2.10. The minimum absolute atomic E-state index is 0.594. The van der Waals surface area contributed by atoms with E-state index in [4.69, 9.17) is 9.97 Å². The fourth-order valence-electron chi connectivity index (χ4n) is 3.73. The quantitative estimate of drug-likeness (QED) is 0.382. The third kappa shape index (κ3) is 4.07. The van der Waals surface area contributed by atoms with Gasteiger partial charge in [-0.15, -0.1) is 0 Å². The van der Waals surface area contributed by atoms with Crippen LogP contribution in [0.5, 0.6) is 0 Å². The summed E-state index contributed by atoms with van der Waals surface area (Å²) in [6.45, 7) is 5.19. The number of benzene rings is 3. The number of rotatable bonds is 6. The molecule has 0 amide bonds. The fourth-order valence-corrected chi connectivity index (χ4v) is 3.73. The van der Waals surface area contributed by atoms with Gasteiger partial charge in [0.1, 0.15) is 0 Å². The molecule has 0 bridgehead atoms. The molecule has 0 aliphatic heterocycles. The average molecular weight is 421 g/mol. The van der Waals surface area contributed by atoms with Gasteiger partial charge in [-0.25, -0.2) is 19.9 Å². The van der Waals surface area contributed by atoms with Crippen LogP contribution in [0.4, 0.5) is 11.4 Å². The van der Waals surface area contributed by atoms with E-state index >= 15 is 0 Å². The molecule has 2 aromatic heterocycles. The first-order chi connectivity index (χ1) is 15.7. The molecule has 6 nitrogen and oxygen atoms in total. The van der Waals surface area contributed by atoms with Gasteiger partial charge in [-0.3, -0.25) is 0 Å². The summed E-state index contributed by atoms with van der Waals surface area (Å²) in [6, 6.07) is 24.1. The van der Waals surface area contributed by atoms with E-state index in [0.717, 1.165) is 56.2 Å². The molecule has 0 aliphatic rings. The van der Waals surface area contributed by atoms with Crippen LogP contribution in [0.25, 0.3) is 22.1 Å². The molecule has 0 saturated heterocycles. The maximum Gasteiger partial charge on any atom is 0.0891 e. The van der Waals surface area contributed by atoms with Gasteiger partial charge in [0, 0.05) is 0 Å². The van der Waals surface area contributed by atoms with E-state index in [9.17, 15) is 0 Å². The van der Waals surface area contributed by atoms with E-state index in [0.29, 0.717) is 13.1 Å². The molecule has 5 aromatic rings. The minimum atomic E-state index is 0.594. The van der Waals surface area contributed by atoms with Crippen LogP contribution < -0.4 is 10.6 Å². The van der Waals surface area contributed by atoms with Gasteiger partial charge in [-0.2, -0.15) is 0 Å². The summed E-state index contributed by atoms with van der Waals surface area (Å²) in [7, 11) is 0. The molecule has 0 atom stereocenters. The monoisotopic (exact) mass is 420 g/mol. The average Bonchev–Trinajstić information content (AvgIpc) is 2.82. The summed E-state index contributed by atoms with van der Waals surface area (Å²) in [5, 5.41) is 7.03. The molecular formula is C26H24N6. The Labute approximate surface area is 186 Å². The van der Waals surface area contributed by atoms with Gasteiger partial charge in [0.2, 0.25) is 0 Å². The number of aryl methyl sites for hydroxylation is 2. The summed E-state index contributed by atoms with van der Waals surface area (Å²) >= 11 is 0. The van der Waals surface area contributed by atoms with Gasteiger partial charge in [-0.1, -0.05) is 36.4 Å². The molecule has 6 heteroatoms. The van der Waals surface area contributed by atoms with Crippen molar-refractivity contribution in [2.75, 3.05) is 10.6 Å². The highest BCUT2D eigenvalue weighted by molar-refractivity contribution is 5.75. The Morgan fingerprint density at radius 1 is 0.500 bits per heavy atom. The number of fused-ring (bicyclic) bond motifs is 2. The van der Waals surface area contributed by atoms with E-state index in [-0.39, 0.29) is 0 Å². The minimum Gasteiger partial charge on any atom is -0.378 e. The van der Waals surface area contributed by atoms with Crippen LogP contribution >= 0.6 is 0 Å². The fraction of sp³-hybridized carbons (Fsp3) is 0.154. The van der Waals surface area contributed by atoms with Crippen molar-refractivity contribution in [1.82, 2.24) is 19.9 Å². The molecule has 0 unspecified atom stereocenters. The molecule has 3 aromatic carbocycles. The van der Waals surface area contributed by atoms with Crippen LogP contribution in [0.1, 0.15) is 22.8 Å². The van der Waals surface area contributed by atoms with Crippen molar-refractivity contribution in [3.05, 3.63) is 95.6 Å². The maximum atomic E-state index is 4.79. The van der Waals surface area contributed by atoms with Gasteiger partial charge in [0.05, 0.1) is 69.3 Å². The Balaban J connectivity index is 1.34. The first kappa shape index (κ1) is 19.9. The van der Waals surface area contributed by atoms with Gasteiger partial charge in [0.25, 0.3) is 0 Å². The number of nitrogens with one attached hydrogen (secondary N) is 2. The van der Waals surface area contributed by atoms with Gasteiger partial charge < -0.3 is 10.6 Å². The van der Waals surface area contributed by atoms with Crippen LogP contribution in [0.3, 0.4) is 0 Å². The number of hydrogen-bond acceptors (Lipinski definition) is 6.